The van der Waals surface area contributed by atoms with Gasteiger partial charge in [0.1, 0.15) is 0 Å². The Morgan fingerprint density at radius 2 is 1.17 bits per heavy atom. The standard InChI is InChI=1S/2C3H7O.2H2O.H3P.Ti/c2*1-3(2)4;;;;/h2*3H,1-2H3;2*1H2;1H3;/q2*-1;;;;+4/p-2. The van der Waals surface area contributed by atoms with Crippen LogP contribution in [0.25, 0.3) is 0 Å². The van der Waals surface area contributed by atoms with Crippen LogP contribution in [0.1, 0.15) is 27.7 Å². The molecule has 0 amide bonds. The first kappa shape index (κ1) is 15.5. The molecule has 0 aliphatic heterocycles. The summed E-state index contributed by atoms with van der Waals surface area (Å²) in [5, 5.41) is 0. The van der Waals surface area contributed by atoms with E-state index in [1.165, 1.54) is 0 Å². The van der Waals surface area contributed by atoms with Gasteiger partial charge in [-0.1, -0.05) is 0 Å². The van der Waals surface area contributed by atoms with Gasteiger partial charge in [-0.3, -0.25) is 0 Å². The molecule has 0 rings (SSSR count). The van der Waals surface area contributed by atoms with Crippen LogP contribution >= 0.6 is 9.90 Å². The molecule has 6 heteroatoms. The summed E-state index contributed by atoms with van der Waals surface area (Å²) in [5.74, 6) is 0. The van der Waals surface area contributed by atoms with Crippen LogP contribution < -0.4 is 0 Å². The summed E-state index contributed by atoms with van der Waals surface area (Å²) in [6.45, 7) is 6.93. The number of rotatable bonds is 4. The first-order valence-corrected chi connectivity index (χ1v) is 6.31. The summed E-state index contributed by atoms with van der Waals surface area (Å²) in [5.41, 5.74) is 0. The van der Waals surface area contributed by atoms with E-state index in [-0.39, 0.29) is 22.1 Å². The van der Waals surface area contributed by atoms with E-state index in [2.05, 4.69) is 0 Å². The third-order valence-corrected chi connectivity index (χ3v) is 3.21. The van der Waals surface area contributed by atoms with E-state index in [1.807, 2.05) is 0 Å². The zero-order chi connectivity index (χ0) is 9.07. The van der Waals surface area contributed by atoms with Gasteiger partial charge in [-0.2, -0.15) is 9.90 Å². The van der Waals surface area contributed by atoms with Gasteiger partial charge in [0, 0.05) is 0 Å². The normalized spacial score (nSPS) is 12.0. The van der Waals surface area contributed by atoms with Crippen LogP contribution in [-0.2, 0) is 24.8 Å². The van der Waals surface area contributed by atoms with E-state index in [0.717, 1.165) is 0 Å². The SMILES string of the molecule is CC(C)[O][Ti]([OH])([OH])[O]C(C)C.P. The topological polar surface area (TPSA) is 58.9 Å². The molecule has 1 atom stereocenters. The average molecular weight is 234 g/mol. The van der Waals surface area contributed by atoms with E-state index in [4.69, 9.17) is 14.0 Å². The monoisotopic (exact) mass is 234 g/mol. The molecule has 2 N–H and O–H groups in total. The van der Waals surface area contributed by atoms with Crippen LogP contribution in [0.4, 0.5) is 0 Å². The van der Waals surface area contributed by atoms with Gasteiger partial charge in [-0.05, 0) is 0 Å². The smallest absolute Gasteiger partial charge is 0.153 e. The van der Waals surface area contributed by atoms with Crippen molar-refractivity contribution in [2.75, 3.05) is 0 Å². The molecular formula is C6H19O4PTi. The van der Waals surface area contributed by atoms with Crippen LogP contribution in [0.2, 0.25) is 0 Å². The first-order valence-electron chi connectivity index (χ1n) is 3.64. The van der Waals surface area contributed by atoms with Gasteiger partial charge in [0.2, 0.25) is 0 Å². The molecule has 0 aromatic heterocycles. The number of hydrogen-bond acceptors (Lipinski definition) is 4. The van der Waals surface area contributed by atoms with E-state index < -0.39 is 18.1 Å². The van der Waals surface area contributed by atoms with E-state index in [1.54, 1.807) is 27.7 Å². The molecule has 12 heavy (non-hydrogen) atoms. The van der Waals surface area contributed by atoms with Gasteiger partial charge >= 0.3 is 72.1 Å². The molecule has 0 aromatic rings. The molecule has 0 aromatic carbocycles. The summed E-state index contributed by atoms with van der Waals surface area (Å²) >= 11 is -4.31. The van der Waals surface area contributed by atoms with Crippen molar-refractivity contribution >= 4 is 9.90 Å². The minimum atomic E-state index is -4.31. The van der Waals surface area contributed by atoms with Gasteiger partial charge in [-0.15, -0.1) is 0 Å². The Hall–Kier alpha value is 0.984. The quantitative estimate of drug-likeness (QED) is 0.555. The third-order valence-electron chi connectivity index (χ3n) is 0.778. The van der Waals surface area contributed by atoms with Crippen molar-refractivity contribution in [3.8, 4) is 0 Å². The molecule has 0 saturated heterocycles. The summed E-state index contributed by atoms with van der Waals surface area (Å²) in [7, 11) is 0. The Morgan fingerprint density at radius 1 is 0.917 bits per heavy atom. The minimum absolute atomic E-state index is 0. The van der Waals surface area contributed by atoms with Crippen molar-refractivity contribution in [2.24, 2.45) is 0 Å². The summed E-state index contributed by atoms with van der Waals surface area (Å²) in [4.78, 5) is 0. The van der Waals surface area contributed by atoms with Crippen molar-refractivity contribution in [2.45, 2.75) is 39.9 Å². The molecule has 76 valence electrons. The second-order valence-corrected chi connectivity index (χ2v) is 5.33. The largest absolute Gasteiger partial charge is 0.153 e. The predicted molar refractivity (Wildman–Crippen MR) is 48.0 cm³/mol. The minimum Gasteiger partial charge on any atom is -0.153 e. The molecule has 0 radical (unpaired) electrons. The van der Waals surface area contributed by atoms with Gasteiger partial charge in [0.25, 0.3) is 0 Å². The van der Waals surface area contributed by atoms with Crippen LogP contribution in [0.5, 0.6) is 0 Å². The van der Waals surface area contributed by atoms with E-state index in [9.17, 15) is 0 Å². The Labute approximate surface area is 82.1 Å². The van der Waals surface area contributed by atoms with Crippen molar-refractivity contribution < 1.29 is 32.2 Å². The van der Waals surface area contributed by atoms with Crippen LogP contribution in [0.3, 0.4) is 0 Å². The molecule has 0 aliphatic rings. The van der Waals surface area contributed by atoms with Crippen molar-refractivity contribution in [1.29, 1.82) is 0 Å². The summed E-state index contributed by atoms with van der Waals surface area (Å²) in [6.07, 6.45) is -0.410. The van der Waals surface area contributed by atoms with Crippen LogP contribution in [-0.4, -0.2) is 19.6 Å². The third kappa shape index (κ3) is 9.08. The van der Waals surface area contributed by atoms with Gasteiger partial charge in [0.05, 0.1) is 0 Å². The maximum atomic E-state index is 9.15. The Morgan fingerprint density at radius 3 is 1.33 bits per heavy atom. The predicted octanol–water partition coefficient (Wildman–Crippen LogP) is 0.693. The van der Waals surface area contributed by atoms with E-state index >= 15 is 0 Å². The van der Waals surface area contributed by atoms with Crippen molar-refractivity contribution in [3.63, 3.8) is 0 Å². The molecule has 0 saturated carbocycles. The maximum absolute atomic E-state index is 9.15. The second-order valence-electron chi connectivity index (χ2n) is 2.88. The van der Waals surface area contributed by atoms with Gasteiger partial charge in [-0.25, -0.2) is 0 Å². The first-order chi connectivity index (χ1) is 4.83. The molecule has 0 aliphatic carbocycles. The molecule has 0 heterocycles. The fraction of sp³-hybridized carbons (Fsp3) is 1.00. The average Bonchev–Trinajstić information content (AvgIpc) is 1.53. The van der Waals surface area contributed by atoms with Crippen molar-refractivity contribution in [1.82, 2.24) is 0 Å². The van der Waals surface area contributed by atoms with E-state index in [0.29, 0.717) is 0 Å². The fourth-order valence-corrected chi connectivity index (χ4v) is 2.65. The molecule has 4 nitrogen and oxygen atoms in total. The summed E-state index contributed by atoms with van der Waals surface area (Å²) in [6, 6.07) is 0. The maximum Gasteiger partial charge on any atom is -0.153 e. The Kier molecular flexibility index (Phi) is 8.29. The fourth-order valence-electron chi connectivity index (χ4n) is 0.642. The van der Waals surface area contributed by atoms with Gasteiger partial charge in [0.15, 0.2) is 0 Å². The van der Waals surface area contributed by atoms with Crippen LogP contribution in [0.15, 0.2) is 0 Å². The summed E-state index contributed by atoms with van der Waals surface area (Å²) < 4.78 is 28.0. The number of hydrogen-bond donors (Lipinski definition) is 2. The Bertz CT molecular complexity index is 106. The van der Waals surface area contributed by atoms with Crippen molar-refractivity contribution in [3.05, 3.63) is 0 Å². The van der Waals surface area contributed by atoms with Gasteiger partial charge < -0.3 is 0 Å². The zero-order valence-corrected chi connectivity index (χ0v) is 11.0. The zero-order valence-electron chi connectivity index (χ0n) is 8.07. The Balaban J connectivity index is 0. The molecule has 0 spiro atoms. The molecular weight excluding hydrogens is 215 g/mol. The van der Waals surface area contributed by atoms with Crippen LogP contribution in [0, 0.1) is 0 Å². The molecule has 0 bridgehead atoms. The molecule has 0 fully saturated rings. The second kappa shape index (κ2) is 6.44. The molecule has 1 unspecified atom stereocenters.